The Labute approximate surface area is 177 Å². The van der Waals surface area contributed by atoms with Crippen LogP contribution in [0.2, 0.25) is 0 Å². The van der Waals surface area contributed by atoms with Crippen molar-refractivity contribution in [2.75, 3.05) is 44.6 Å². The molecule has 0 spiro atoms. The van der Waals surface area contributed by atoms with Crippen LogP contribution >= 0.6 is 12.2 Å². The maximum atomic E-state index is 12.9. The number of ether oxygens (including phenoxy) is 1. The molecular weight excluding hydrogens is 392 g/mol. The number of nitrogens with zero attached hydrogens (tertiary/aromatic N) is 4. The minimum atomic E-state index is -0.449. The van der Waals surface area contributed by atoms with E-state index < -0.39 is 6.04 Å². The molecule has 162 valence electrons. The Hall–Kier alpha value is -2.36. The highest BCUT2D eigenvalue weighted by Gasteiger charge is 2.28. The Morgan fingerprint density at radius 3 is 2.41 bits per heavy atom. The van der Waals surface area contributed by atoms with Crippen molar-refractivity contribution in [2.45, 2.75) is 40.7 Å². The first-order chi connectivity index (χ1) is 13.7. The van der Waals surface area contributed by atoms with E-state index in [2.05, 4.69) is 29.6 Å². The van der Waals surface area contributed by atoms with Gasteiger partial charge in [-0.15, -0.1) is 0 Å². The van der Waals surface area contributed by atoms with Crippen LogP contribution in [0.1, 0.15) is 39.4 Å². The maximum absolute atomic E-state index is 12.9. The molecule has 1 aromatic heterocycles. The first kappa shape index (κ1) is 22.9. The molecule has 1 aliphatic heterocycles. The van der Waals surface area contributed by atoms with Crippen LogP contribution in [-0.4, -0.2) is 76.0 Å². The lowest BCUT2D eigenvalue weighted by Crippen LogP contribution is -2.52. The Bertz CT molecular complexity index is 728. The number of rotatable bonds is 6. The Balaban J connectivity index is 1.93. The monoisotopic (exact) mass is 424 g/mol. The first-order valence-corrected chi connectivity index (χ1v) is 10.4. The quantitative estimate of drug-likeness (QED) is 0.675. The number of carbonyl (C=O) groups is 2. The highest BCUT2D eigenvalue weighted by atomic mass is 32.1. The Kier molecular flexibility index (Phi) is 8.24. The molecule has 0 saturated carbocycles. The van der Waals surface area contributed by atoms with Crippen molar-refractivity contribution in [3.8, 4) is 0 Å². The van der Waals surface area contributed by atoms with Gasteiger partial charge in [-0.25, -0.2) is 4.79 Å². The van der Waals surface area contributed by atoms with Gasteiger partial charge < -0.3 is 25.2 Å². The summed E-state index contributed by atoms with van der Waals surface area (Å²) in [6.45, 7) is 12.7. The highest BCUT2D eigenvalue weighted by Crippen LogP contribution is 2.18. The predicted molar refractivity (Wildman–Crippen MR) is 116 cm³/mol. The van der Waals surface area contributed by atoms with Gasteiger partial charge in [0, 0.05) is 38.9 Å². The van der Waals surface area contributed by atoms with Crippen LogP contribution in [0, 0.1) is 12.8 Å². The van der Waals surface area contributed by atoms with E-state index in [9.17, 15) is 9.59 Å². The molecule has 1 saturated heterocycles. The largest absolute Gasteiger partial charge is 0.450 e. The van der Waals surface area contributed by atoms with Crippen LogP contribution < -0.4 is 10.6 Å². The van der Waals surface area contributed by atoms with Gasteiger partial charge in [-0.2, -0.15) is 5.10 Å². The fourth-order valence-corrected chi connectivity index (χ4v) is 3.16. The SMILES string of the molecule is CCOC(=O)N1CCN(C(=O)C(C)n2cc(NC(=S)NCC(C)C)c(C)n2)CC1. The zero-order chi connectivity index (χ0) is 21.6. The molecule has 2 heterocycles. The van der Waals surface area contributed by atoms with Gasteiger partial charge in [0.2, 0.25) is 5.91 Å². The molecule has 2 amide bonds. The Morgan fingerprint density at radius 2 is 1.83 bits per heavy atom. The summed E-state index contributed by atoms with van der Waals surface area (Å²) in [6, 6.07) is -0.449. The second-order valence-corrected chi connectivity index (χ2v) is 7.93. The zero-order valence-corrected chi connectivity index (χ0v) is 18.7. The number of hydrogen-bond acceptors (Lipinski definition) is 5. The van der Waals surface area contributed by atoms with Gasteiger partial charge in [0.1, 0.15) is 6.04 Å². The van der Waals surface area contributed by atoms with E-state index in [4.69, 9.17) is 17.0 Å². The number of piperazine rings is 1. The molecule has 0 bridgehead atoms. The summed E-state index contributed by atoms with van der Waals surface area (Å²) in [5, 5.41) is 11.3. The number of aromatic nitrogens is 2. The summed E-state index contributed by atoms with van der Waals surface area (Å²) >= 11 is 5.32. The fourth-order valence-electron chi connectivity index (χ4n) is 2.97. The van der Waals surface area contributed by atoms with Crippen molar-refractivity contribution in [3.63, 3.8) is 0 Å². The van der Waals surface area contributed by atoms with Crippen molar-refractivity contribution >= 4 is 35.0 Å². The van der Waals surface area contributed by atoms with Gasteiger partial charge in [-0.3, -0.25) is 9.48 Å². The molecule has 0 aromatic carbocycles. The van der Waals surface area contributed by atoms with Crippen LogP contribution in [0.3, 0.4) is 0 Å². The molecule has 1 fully saturated rings. The van der Waals surface area contributed by atoms with Gasteiger partial charge >= 0.3 is 6.09 Å². The average molecular weight is 425 g/mol. The van der Waals surface area contributed by atoms with Gasteiger partial charge in [0.25, 0.3) is 0 Å². The standard InChI is InChI=1S/C19H32N6O3S/c1-6-28-19(27)24-9-7-23(8-10-24)17(26)15(5)25-12-16(14(4)22-25)21-18(29)20-11-13(2)3/h12-13,15H,6-11H2,1-5H3,(H2,20,21,29). The highest BCUT2D eigenvalue weighted by molar-refractivity contribution is 7.80. The number of nitrogens with one attached hydrogen (secondary N) is 2. The van der Waals surface area contributed by atoms with E-state index in [0.717, 1.165) is 17.9 Å². The molecule has 2 rings (SSSR count). The third kappa shape index (κ3) is 6.31. The van der Waals surface area contributed by atoms with E-state index in [1.165, 1.54) is 0 Å². The number of amides is 2. The molecule has 1 aliphatic rings. The lowest BCUT2D eigenvalue weighted by molar-refractivity contribution is -0.136. The summed E-state index contributed by atoms with van der Waals surface area (Å²) in [5.74, 6) is 0.462. The summed E-state index contributed by atoms with van der Waals surface area (Å²) in [7, 11) is 0. The molecule has 1 atom stereocenters. The lowest BCUT2D eigenvalue weighted by atomic mass is 10.2. The Morgan fingerprint density at radius 1 is 1.21 bits per heavy atom. The van der Waals surface area contributed by atoms with E-state index in [1.807, 2.05) is 13.8 Å². The van der Waals surface area contributed by atoms with E-state index in [1.54, 1.807) is 27.6 Å². The van der Waals surface area contributed by atoms with Crippen molar-refractivity contribution in [3.05, 3.63) is 11.9 Å². The molecule has 2 N–H and O–H groups in total. The van der Waals surface area contributed by atoms with Crippen molar-refractivity contribution in [1.29, 1.82) is 0 Å². The number of anilines is 1. The van der Waals surface area contributed by atoms with E-state index in [-0.39, 0.29) is 12.0 Å². The summed E-state index contributed by atoms with van der Waals surface area (Å²) in [5.41, 5.74) is 1.54. The number of carbonyl (C=O) groups excluding carboxylic acids is 2. The molecule has 0 radical (unpaired) electrons. The minimum absolute atomic E-state index is 0.0249. The molecule has 1 aromatic rings. The normalized spacial score (nSPS) is 15.2. The van der Waals surface area contributed by atoms with Gasteiger partial charge in [-0.05, 0) is 38.9 Å². The van der Waals surface area contributed by atoms with Crippen LogP contribution in [0.4, 0.5) is 10.5 Å². The second kappa shape index (κ2) is 10.4. The molecule has 0 aliphatic carbocycles. The fraction of sp³-hybridized carbons (Fsp3) is 0.684. The minimum Gasteiger partial charge on any atom is -0.450 e. The van der Waals surface area contributed by atoms with Crippen LogP contribution in [0.5, 0.6) is 0 Å². The molecule has 9 nitrogen and oxygen atoms in total. The molecule has 1 unspecified atom stereocenters. The van der Waals surface area contributed by atoms with Crippen LogP contribution in [0.15, 0.2) is 6.20 Å². The summed E-state index contributed by atoms with van der Waals surface area (Å²) in [6.07, 6.45) is 1.48. The van der Waals surface area contributed by atoms with Crippen LogP contribution in [0.25, 0.3) is 0 Å². The van der Waals surface area contributed by atoms with Crippen molar-refractivity contribution in [2.24, 2.45) is 5.92 Å². The number of hydrogen-bond donors (Lipinski definition) is 2. The average Bonchev–Trinajstić information content (AvgIpc) is 3.05. The lowest BCUT2D eigenvalue weighted by Gasteiger charge is -2.35. The van der Waals surface area contributed by atoms with Crippen LogP contribution in [-0.2, 0) is 9.53 Å². The molecule has 29 heavy (non-hydrogen) atoms. The van der Waals surface area contributed by atoms with Gasteiger partial charge in [0.15, 0.2) is 5.11 Å². The topological polar surface area (TPSA) is 91.7 Å². The third-order valence-electron chi connectivity index (χ3n) is 4.71. The zero-order valence-electron chi connectivity index (χ0n) is 17.9. The summed E-state index contributed by atoms with van der Waals surface area (Å²) < 4.78 is 6.67. The second-order valence-electron chi connectivity index (χ2n) is 7.52. The third-order valence-corrected chi connectivity index (χ3v) is 4.95. The first-order valence-electron chi connectivity index (χ1n) is 10.0. The summed E-state index contributed by atoms with van der Waals surface area (Å²) in [4.78, 5) is 28.1. The number of thiocarbonyl (C=S) groups is 1. The van der Waals surface area contributed by atoms with Gasteiger partial charge in [0.05, 0.1) is 18.0 Å². The van der Waals surface area contributed by atoms with E-state index >= 15 is 0 Å². The number of aryl methyl sites for hydroxylation is 1. The predicted octanol–water partition coefficient (Wildman–Crippen LogP) is 2.00. The molecular formula is C19H32N6O3S. The van der Waals surface area contributed by atoms with Crippen molar-refractivity contribution < 1.29 is 14.3 Å². The molecule has 10 heteroatoms. The maximum Gasteiger partial charge on any atom is 0.409 e. The van der Waals surface area contributed by atoms with Gasteiger partial charge in [-0.1, -0.05) is 13.8 Å². The smallest absolute Gasteiger partial charge is 0.409 e. The van der Waals surface area contributed by atoms with Crippen molar-refractivity contribution in [1.82, 2.24) is 24.9 Å². The van der Waals surface area contributed by atoms with E-state index in [0.29, 0.717) is 43.8 Å².